The summed E-state index contributed by atoms with van der Waals surface area (Å²) < 4.78 is 3.74. The maximum Gasteiger partial charge on any atom is 0.310 e. The molecule has 1 aromatic heterocycles. The van der Waals surface area contributed by atoms with Crippen LogP contribution in [0.3, 0.4) is 0 Å². The number of aliphatic carboxylic acids is 1. The second-order valence-corrected chi connectivity index (χ2v) is 4.78. The SMILES string of the molecule is CC1CC(Cc2csnn2)(C(=O)O)C1. The van der Waals surface area contributed by atoms with E-state index in [0.717, 1.165) is 18.5 Å². The fraction of sp³-hybridized carbons (Fsp3) is 0.667. The van der Waals surface area contributed by atoms with Gasteiger partial charge in [0, 0.05) is 11.8 Å². The van der Waals surface area contributed by atoms with E-state index >= 15 is 0 Å². The Hall–Kier alpha value is -0.970. The van der Waals surface area contributed by atoms with Gasteiger partial charge in [-0.2, -0.15) is 0 Å². The first-order chi connectivity index (χ1) is 6.62. The van der Waals surface area contributed by atoms with Crippen molar-refractivity contribution in [2.45, 2.75) is 26.2 Å². The average molecular weight is 212 g/mol. The smallest absolute Gasteiger partial charge is 0.310 e. The van der Waals surface area contributed by atoms with Gasteiger partial charge in [-0.05, 0) is 30.3 Å². The van der Waals surface area contributed by atoms with Crippen molar-refractivity contribution in [1.29, 1.82) is 0 Å². The van der Waals surface area contributed by atoms with E-state index in [2.05, 4.69) is 16.5 Å². The van der Waals surface area contributed by atoms with Crippen LogP contribution in [-0.4, -0.2) is 20.7 Å². The molecule has 1 fully saturated rings. The van der Waals surface area contributed by atoms with Gasteiger partial charge >= 0.3 is 5.97 Å². The zero-order chi connectivity index (χ0) is 10.2. The molecule has 0 spiro atoms. The molecule has 0 aliphatic heterocycles. The van der Waals surface area contributed by atoms with Crippen LogP contribution in [0.5, 0.6) is 0 Å². The van der Waals surface area contributed by atoms with Gasteiger partial charge in [-0.3, -0.25) is 4.79 Å². The lowest BCUT2D eigenvalue weighted by atomic mass is 9.60. The zero-order valence-corrected chi connectivity index (χ0v) is 8.75. The third kappa shape index (κ3) is 1.52. The standard InChI is InChI=1S/C9H12N2O2S/c1-6-2-9(3-6,8(12)13)4-7-5-14-11-10-7/h5-6H,2-4H2,1H3,(H,12,13). The molecule has 0 bridgehead atoms. The molecule has 1 aliphatic rings. The van der Waals surface area contributed by atoms with E-state index in [1.54, 1.807) is 0 Å². The van der Waals surface area contributed by atoms with E-state index in [1.807, 2.05) is 5.38 Å². The molecule has 0 atom stereocenters. The van der Waals surface area contributed by atoms with Gasteiger partial charge in [0.15, 0.2) is 0 Å². The largest absolute Gasteiger partial charge is 0.481 e. The molecule has 1 saturated carbocycles. The number of aromatic nitrogens is 2. The second kappa shape index (κ2) is 3.31. The monoisotopic (exact) mass is 212 g/mol. The van der Waals surface area contributed by atoms with Crippen LogP contribution in [0.4, 0.5) is 0 Å². The summed E-state index contributed by atoms with van der Waals surface area (Å²) >= 11 is 1.27. The maximum atomic E-state index is 11.1. The minimum absolute atomic E-state index is 0.526. The summed E-state index contributed by atoms with van der Waals surface area (Å²) in [4.78, 5) is 11.1. The summed E-state index contributed by atoms with van der Waals surface area (Å²) in [6.45, 7) is 2.08. The van der Waals surface area contributed by atoms with Gasteiger partial charge < -0.3 is 5.11 Å². The minimum Gasteiger partial charge on any atom is -0.481 e. The molecule has 2 rings (SSSR count). The Kier molecular flexibility index (Phi) is 2.26. The van der Waals surface area contributed by atoms with Crippen LogP contribution in [0.2, 0.25) is 0 Å². The van der Waals surface area contributed by atoms with E-state index in [1.165, 1.54) is 11.5 Å². The summed E-state index contributed by atoms with van der Waals surface area (Å²) in [6.07, 6.45) is 2.06. The van der Waals surface area contributed by atoms with Crippen LogP contribution in [-0.2, 0) is 11.2 Å². The lowest BCUT2D eigenvalue weighted by molar-refractivity contribution is -0.157. The van der Waals surface area contributed by atoms with Crippen LogP contribution >= 0.6 is 11.5 Å². The van der Waals surface area contributed by atoms with E-state index in [0.29, 0.717) is 12.3 Å². The van der Waals surface area contributed by atoms with E-state index in [9.17, 15) is 4.79 Å². The van der Waals surface area contributed by atoms with Crippen LogP contribution < -0.4 is 0 Å². The molecule has 1 aliphatic carbocycles. The zero-order valence-electron chi connectivity index (χ0n) is 7.93. The first kappa shape index (κ1) is 9.58. The predicted molar refractivity (Wildman–Crippen MR) is 52.1 cm³/mol. The topological polar surface area (TPSA) is 63.1 Å². The molecule has 0 unspecified atom stereocenters. The van der Waals surface area contributed by atoms with Gasteiger partial charge in [0.25, 0.3) is 0 Å². The first-order valence-corrected chi connectivity index (χ1v) is 5.45. The molecule has 5 heteroatoms. The summed E-state index contributed by atoms with van der Waals surface area (Å²) in [5.74, 6) is -0.165. The lowest BCUT2D eigenvalue weighted by Gasteiger charge is -2.42. The van der Waals surface area contributed by atoms with Crippen molar-refractivity contribution in [3.8, 4) is 0 Å². The molecular weight excluding hydrogens is 200 g/mol. The van der Waals surface area contributed by atoms with Crippen molar-refractivity contribution in [1.82, 2.24) is 9.59 Å². The summed E-state index contributed by atoms with van der Waals surface area (Å²) in [7, 11) is 0. The third-order valence-electron chi connectivity index (χ3n) is 2.86. The lowest BCUT2D eigenvalue weighted by Crippen LogP contribution is -2.44. The molecule has 1 heterocycles. The second-order valence-electron chi connectivity index (χ2n) is 4.17. The predicted octanol–water partition coefficient (Wildman–Crippen LogP) is 1.58. The molecule has 0 radical (unpaired) electrons. The van der Waals surface area contributed by atoms with Crippen LogP contribution in [0.1, 0.15) is 25.5 Å². The fourth-order valence-electron chi connectivity index (χ4n) is 2.28. The molecule has 0 aromatic carbocycles. The van der Waals surface area contributed by atoms with Crippen molar-refractivity contribution in [2.75, 3.05) is 0 Å². The number of rotatable bonds is 3. The highest BCUT2D eigenvalue weighted by Gasteiger charge is 2.48. The number of nitrogens with zero attached hydrogens (tertiary/aromatic N) is 2. The maximum absolute atomic E-state index is 11.1. The normalized spacial score (nSPS) is 31.1. The number of carboxylic acid groups (broad SMARTS) is 1. The molecule has 4 nitrogen and oxygen atoms in total. The van der Waals surface area contributed by atoms with Crippen molar-refractivity contribution < 1.29 is 9.90 Å². The van der Waals surface area contributed by atoms with Gasteiger partial charge in [-0.15, -0.1) is 5.10 Å². The van der Waals surface area contributed by atoms with E-state index < -0.39 is 11.4 Å². The molecule has 76 valence electrons. The Morgan fingerprint density at radius 3 is 2.93 bits per heavy atom. The molecule has 1 aromatic rings. The summed E-state index contributed by atoms with van der Waals surface area (Å²) in [5.41, 5.74) is 0.249. The number of carbonyl (C=O) groups is 1. The van der Waals surface area contributed by atoms with Crippen LogP contribution in [0.25, 0.3) is 0 Å². The molecule has 1 N–H and O–H groups in total. The average Bonchev–Trinajstić information content (AvgIpc) is 2.53. The van der Waals surface area contributed by atoms with Crippen LogP contribution in [0, 0.1) is 11.3 Å². The van der Waals surface area contributed by atoms with Crippen LogP contribution in [0.15, 0.2) is 5.38 Å². The van der Waals surface area contributed by atoms with Gasteiger partial charge in [-0.25, -0.2) is 0 Å². The van der Waals surface area contributed by atoms with Crippen molar-refractivity contribution >= 4 is 17.5 Å². The highest BCUT2D eigenvalue weighted by atomic mass is 32.1. The molecule has 0 amide bonds. The van der Waals surface area contributed by atoms with Crippen molar-refractivity contribution in [3.05, 3.63) is 11.1 Å². The molecule has 0 saturated heterocycles. The Balaban J connectivity index is 2.10. The number of hydrogen-bond acceptors (Lipinski definition) is 4. The Labute approximate surface area is 86.1 Å². The number of carboxylic acids is 1. The highest BCUT2D eigenvalue weighted by Crippen LogP contribution is 2.47. The number of hydrogen-bond donors (Lipinski definition) is 1. The highest BCUT2D eigenvalue weighted by molar-refractivity contribution is 7.03. The summed E-state index contributed by atoms with van der Waals surface area (Å²) in [5, 5.41) is 14.9. The van der Waals surface area contributed by atoms with Crippen molar-refractivity contribution in [3.63, 3.8) is 0 Å². The molecular formula is C9H12N2O2S. The quantitative estimate of drug-likeness (QED) is 0.826. The Bertz CT molecular complexity index is 331. The van der Waals surface area contributed by atoms with Gasteiger partial charge in [0.1, 0.15) is 0 Å². The first-order valence-electron chi connectivity index (χ1n) is 4.62. The fourth-order valence-corrected chi connectivity index (χ4v) is 2.73. The minimum atomic E-state index is -0.691. The third-order valence-corrected chi connectivity index (χ3v) is 3.41. The van der Waals surface area contributed by atoms with E-state index in [-0.39, 0.29) is 0 Å². The van der Waals surface area contributed by atoms with Gasteiger partial charge in [0.05, 0.1) is 11.1 Å². The van der Waals surface area contributed by atoms with E-state index in [4.69, 9.17) is 5.11 Å². The molecule has 14 heavy (non-hydrogen) atoms. The Morgan fingerprint density at radius 1 is 1.79 bits per heavy atom. The summed E-state index contributed by atoms with van der Waals surface area (Å²) in [6, 6.07) is 0. The van der Waals surface area contributed by atoms with Gasteiger partial charge in [0.2, 0.25) is 0 Å². The Morgan fingerprint density at radius 2 is 2.50 bits per heavy atom. The van der Waals surface area contributed by atoms with Crippen molar-refractivity contribution in [2.24, 2.45) is 11.3 Å². The van der Waals surface area contributed by atoms with Gasteiger partial charge in [-0.1, -0.05) is 11.4 Å².